The zero-order valence-corrected chi connectivity index (χ0v) is 15.1. The predicted octanol–water partition coefficient (Wildman–Crippen LogP) is 6.39. The van der Waals surface area contributed by atoms with Gasteiger partial charge in [-0.3, -0.25) is 0 Å². The van der Waals surface area contributed by atoms with Gasteiger partial charge in [-0.05, 0) is 54.7 Å². The number of benzene rings is 2. The van der Waals surface area contributed by atoms with E-state index in [-0.39, 0.29) is 5.41 Å². The molecule has 1 aromatic heterocycles. The molecule has 2 nitrogen and oxygen atoms in total. The molecule has 24 heavy (non-hydrogen) atoms. The van der Waals surface area contributed by atoms with Crippen molar-refractivity contribution in [2.75, 3.05) is 6.61 Å². The van der Waals surface area contributed by atoms with Crippen molar-refractivity contribution in [3.8, 4) is 17.1 Å². The second-order valence-corrected chi connectivity index (χ2v) is 7.23. The molecule has 0 saturated heterocycles. The zero-order valence-electron chi connectivity index (χ0n) is 15.1. The van der Waals surface area contributed by atoms with Crippen molar-refractivity contribution in [2.24, 2.45) is 0 Å². The van der Waals surface area contributed by atoms with E-state index in [0.29, 0.717) is 6.61 Å². The number of ether oxygens (including phenoxy) is 1. The molecule has 0 bridgehead atoms. The molecule has 2 heteroatoms. The number of rotatable bonds is 3. The molecular formula is C22H25O2+. The van der Waals surface area contributed by atoms with E-state index < -0.39 is 0 Å². The van der Waals surface area contributed by atoms with Crippen LogP contribution in [-0.2, 0) is 5.41 Å². The van der Waals surface area contributed by atoms with Gasteiger partial charge in [0.15, 0.2) is 0 Å². The van der Waals surface area contributed by atoms with Gasteiger partial charge in [0.1, 0.15) is 11.1 Å². The Labute approximate surface area is 144 Å². The first kappa shape index (κ1) is 16.5. The maximum absolute atomic E-state index is 6.14. The summed E-state index contributed by atoms with van der Waals surface area (Å²) in [5.74, 6) is 1.70. The van der Waals surface area contributed by atoms with Gasteiger partial charge in [-0.1, -0.05) is 32.9 Å². The molecule has 0 N–H and O–H groups in total. The molecule has 3 aromatic rings. The third-order valence-corrected chi connectivity index (χ3v) is 4.22. The quantitative estimate of drug-likeness (QED) is 0.521. The predicted molar refractivity (Wildman–Crippen MR) is 101 cm³/mol. The van der Waals surface area contributed by atoms with Crippen LogP contribution in [-0.4, -0.2) is 6.61 Å². The van der Waals surface area contributed by atoms with Gasteiger partial charge < -0.3 is 4.74 Å². The van der Waals surface area contributed by atoms with E-state index in [9.17, 15) is 0 Å². The third kappa shape index (κ3) is 3.28. The molecule has 2 aromatic carbocycles. The Morgan fingerprint density at radius 3 is 2.29 bits per heavy atom. The highest BCUT2D eigenvalue weighted by molar-refractivity contribution is 5.86. The van der Waals surface area contributed by atoms with Crippen LogP contribution >= 0.6 is 0 Å². The molecule has 0 unspecified atom stereocenters. The second kappa shape index (κ2) is 6.27. The van der Waals surface area contributed by atoms with Crippen molar-refractivity contribution in [1.29, 1.82) is 0 Å². The molecule has 0 amide bonds. The number of fused-ring (bicyclic) bond motifs is 1. The van der Waals surface area contributed by atoms with Crippen molar-refractivity contribution in [3.63, 3.8) is 0 Å². The van der Waals surface area contributed by atoms with Crippen LogP contribution in [0.2, 0.25) is 0 Å². The molecule has 0 saturated carbocycles. The van der Waals surface area contributed by atoms with Crippen molar-refractivity contribution in [1.82, 2.24) is 0 Å². The molecular weight excluding hydrogens is 296 g/mol. The van der Waals surface area contributed by atoms with Gasteiger partial charge in [0.2, 0.25) is 0 Å². The summed E-state index contributed by atoms with van der Waals surface area (Å²) in [5.41, 5.74) is 4.56. The largest absolute Gasteiger partial charge is 0.493 e. The Balaban J connectivity index is 2.11. The van der Waals surface area contributed by atoms with Crippen LogP contribution in [0.4, 0.5) is 0 Å². The molecule has 0 radical (unpaired) electrons. The number of hydrogen-bond donors (Lipinski definition) is 0. The lowest BCUT2D eigenvalue weighted by Gasteiger charge is -2.18. The van der Waals surface area contributed by atoms with Crippen LogP contribution in [0, 0.1) is 6.92 Å². The molecule has 124 valence electrons. The zero-order chi connectivity index (χ0) is 17.3. The van der Waals surface area contributed by atoms with Gasteiger partial charge in [-0.2, -0.15) is 0 Å². The molecule has 0 atom stereocenters. The van der Waals surface area contributed by atoms with E-state index in [1.807, 2.05) is 19.1 Å². The summed E-state index contributed by atoms with van der Waals surface area (Å²) in [7, 11) is 0. The summed E-state index contributed by atoms with van der Waals surface area (Å²) in [6, 6.07) is 16.8. The summed E-state index contributed by atoms with van der Waals surface area (Å²) < 4.78 is 12.0. The van der Waals surface area contributed by atoms with Crippen molar-refractivity contribution in [2.45, 2.75) is 40.0 Å². The lowest BCUT2D eigenvalue weighted by Crippen LogP contribution is -2.10. The Morgan fingerprint density at radius 1 is 0.958 bits per heavy atom. The van der Waals surface area contributed by atoms with Crippen LogP contribution < -0.4 is 4.74 Å². The minimum absolute atomic E-state index is 0.146. The highest BCUT2D eigenvalue weighted by Crippen LogP contribution is 2.34. The molecule has 1 heterocycles. The van der Waals surface area contributed by atoms with Crippen LogP contribution in [0.25, 0.3) is 22.3 Å². The minimum Gasteiger partial charge on any atom is -0.493 e. The van der Waals surface area contributed by atoms with Crippen molar-refractivity contribution in [3.05, 3.63) is 59.7 Å². The van der Waals surface area contributed by atoms with E-state index in [2.05, 4.69) is 64.1 Å². The van der Waals surface area contributed by atoms with Crippen molar-refractivity contribution < 1.29 is 9.15 Å². The topological polar surface area (TPSA) is 20.5 Å². The van der Waals surface area contributed by atoms with Gasteiger partial charge in [0.25, 0.3) is 0 Å². The lowest BCUT2D eigenvalue weighted by atomic mass is 9.86. The van der Waals surface area contributed by atoms with Gasteiger partial charge in [-0.15, -0.1) is 0 Å². The fraction of sp³-hybridized carbons (Fsp3) is 0.318. The average molecular weight is 321 g/mol. The molecule has 0 spiro atoms. The molecule has 0 fully saturated rings. The maximum atomic E-state index is 6.14. The lowest BCUT2D eigenvalue weighted by molar-refractivity contribution is 0.342. The van der Waals surface area contributed by atoms with E-state index in [0.717, 1.165) is 28.0 Å². The van der Waals surface area contributed by atoms with Gasteiger partial charge in [0.05, 0.1) is 18.2 Å². The first-order chi connectivity index (χ1) is 11.4. The molecule has 3 rings (SSSR count). The Bertz CT molecular complexity index is 856. The number of aryl methyl sites for hydroxylation is 1. The summed E-state index contributed by atoms with van der Waals surface area (Å²) in [4.78, 5) is 0. The normalized spacial score (nSPS) is 11.7. The van der Waals surface area contributed by atoms with E-state index in [1.54, 1.807) is 0 Å². The summed E-state index contributed by atoms with van der Waals surface area (Å²) in [5, 5.41) is 1.02. The van der Waals surface area contributed by atoms with Gasteiger partial charge in [-0.25, -0.2) is 4.42 Å². The minimum atomic E-state index is 0.146. The van der Waals surface area contributed by atoms with E-state index in [1.165, 1.54) is 11.1 Å². The van der Waals surface area contributed by atoms with Crippen LogP contribution in [0.1, 0.15) is 38.8 Å². The third-order valence-electron chi connectivity index (χ3n) is 4.22. The number of hydrogen-bond acceptors (Lipinski definition) is 1. The van der Waals surface area contributed by atoms with E-state index >= 15 is 0 Å². The SMILES string of the molecule is CCOc1cc(-c2ccc(C(C)(C)C)cc2)[o+]c2ccc(C)cc12. The molecule has 0 aliphatic rings. The van der Waals surface area contributed by atoms with Crippen LogP contribution in [0.5, 0.6) is 5.75 Å². The van der Waals surface area contributed by atoms with E-state index in [4.69, 9.17) is 9.15 Å². The Hall–Kier alpha value is -2.35. The molecule has 0 aliphatic heterocycles. The standard InChI is InChI=1S/C22H25O2/c1-6-23-21-14-20(24-19-12-7-15(2)13-18(19)21)16-8-10-17(11-9-16)22(3,4)5/h7-14H,6H2,1-5H3/q+1. The average Bonchev–Trinajstić information content (AvgIpc) is 2.54. The highest BCUT2D eigenvalue weighted by Gasteiger charge is 2.21. The first-order valence-corrected chi connectivity index (χ1v) is 8.49. The first-order valence-electron chi connectivity index (χ1n) is 8.49. The summed E-state index contributed by atoms with van der Waals surface area (Å²) >= 11 is 0. The van der Waals surface area contributed by atoms with Crippen LogP contribution in [0.3, 0.4) is 0 Å². The Morgan fingerprint density at radius 2 is 1.67 bits per heavy atom. The van der Waals surface area contributed by atoms with Gasteiger partial charge in [0, 0.05) is 6.07 Å². The fourth-order valence-corrected chi connectivity index (χ4v) is 2.82. The summed E-state index contributed by atoms with van der Waals surface area (Å²) in [6.45, 7) is 11.4. The fourth-order valence-electron chi connectivity index (χ4n) is 2.82. The molecule has 0 aliphatic carbocycles. The van der Waals surface area contributed by atoms with Gasteiger partial charge >= 0.3 is 11.3 Å². The second-order valence-electron chi connectivity index (χ2n) is 7.23. The Kier molecular flexibility index (Phi) is 4.31. The smallest absolute Gasteiger partial charge is 0.364 e. The van der Waals surface area contributed by atoms with Crippen LogP contribution in [0.15, 0.2) is 52.9 Å². The monoisotopic (exact) mass is 321 g/mol. The highest BCUT2D eigenvalue weighted by atomic mass is 16.5. The summed E-state index contributed by atoms with van der Waals surface area (Å²) in [6.07, 6.45) is 0. The maximum Gasteiger partial charge on any atom is 0.364 e. The van der Waals surface area contributed by atoms with Crippen molar-refractivity contribution >= 4 is 11.0 Å².